The molecule has 0 bridgehead atoms. The Morgan fingerprint density at radius 3 is 0.786 bits per heavy atom. The number of rotatable bonds is 8. The van der Waals surface area contributed by atoms with Gasteiger partial charge < -0.3 is 29.1 Å². The third-order valence-electron chi connectivity index (χ3n) is 20.9. The highest BCUT2D eigenvalue weighted by atomic mass is 16.5. The van der Waals surface area contributed by atoms with Gasteiger partial charge in [0.1, 0.15) is 23.0 Å². The van der Waals surface area contributed by atoms with Crippen molar-refractivity contribution in [2.75, 3.05) is 19.6 Å². The number of ether oxygens (including phenoxy) is 2. The first-order chi connectivity index (χ1) is 46.4. The number of anilines is 12. The highest BCUT2D eigenvalue weighted by molar-refractivity contribution is 7.02. The van der Waals surface area contributed by atoms with Crippen molar-refractivity contribution in [3.05, 3.63) is 264 Å². The number of nitrogens with zero attached hydrogens (tertiary/aromatic N) is 4. The monoisotopic (exact) mass is 1280 g/mol. The molecule has 11 aromatic carbocycles. The van der Waals surface area contributed by atoms with E-state index in [9.17, 15) is 0 Å². The van der Waals surface area contributed by atoms with Gasteiger partial charge >= 0.3 is 0 Å². The fourth-order valence-electron chi connectivity index (χ4n) is 15.2. The number of para-hydroxylation sites is 2. The van der Waals surface area contributed by atoms with E-state index in [1.807, 2.05) is 0 Å². The van der Waals surface area contributed by atoms with Crippen molar-refractivity contribution >= 4 is 114 Å². The zero-order chi connectivity index (χ0) is 68.9. The van der Waals surface area contributed by atoms with Crippen LogP contribution in [0.15, 0.2) is 231 Å². The minimum Gasteiger partial charge on any atom is -0.458 e. The van der Waals surface area contributed by atoms with Gasteiger partial charge in [0.05, 0.1) is 11.4 Å². The average Bonchev–Trinajstić information content (AvgIpc) is 0.696. The fourth-order valence-corrected chi connectivity index (χ4v) is 15.2. The molecule has 4 aliphatic rings. The Kier molecular flexibility index (Phi) is 15.1. The number of fused-ring (bicyclic) bond motifs is 8. The average molecular weight is 1280 g/mol. The maximum absolute atomic E-state index is 7.71. The zero-order valence-electron chi connectivity index (χ0n) is 60.7. The lowest BCUT2D eigenvalue weighted by atomic mass is 9.31. The number of hydrogen-bond donors (Lipinski definition) is 0. The van der Waals surface area contributed by atoms with Gasteiger partial charge in [-0.15, -0.1) is 0 Å². The first kappa shape index (κ1) is 64.4. The van der Waals surface area contributed by atoms with Crippen LogP contribution in [0.1, 0.15) is 158 Å². The summed E-state index contributed by atoms with van der Waals surface area (Å²) < 4.78 is 15.4. The van der Waals surface area contributed by atoms with E-state index in [-0.39, 0.29) is 45.9 Å². The summed E-state index contributed by atoms with van der Waals surface area (Å²) in [7, 11) is 0. The fraction of sp³-hybridized carbons (Fsp3) is 0.267. The second-order valence-corrected chi connectivity index (χ2v) is 34.0. The standard InChI is InChI=1S/C90H92B2N4O2/c1-85(2,3)57-27-39-63(40-28-57)93(64-41-29-58(30-42-64)86(4,5)6)69-51-77-83-81(53-69)97-79-56-80-74(55-73(79)91(83)71-23-19-21-25-75(71)95(77)67-47-35-61(36-48-67)89(13,14)15)92-72-24-20-22-26-76(72)96(68-49-37-62(38-50-68)90(16,17)18)78-52-70(54-82(98-80)84(78)92)94(65-43-31-59(32-44-65)87(7,8)9)66-45-33-60(34-46-66)88(10,11)12/h19-56H,1-18H3. The predicted molar refractivity (Wildman–Crippen MR) is 420 cm³/mol. The predicted octanol–water partition coefficient (Wildman–Crippen LogP) is 21.2. The molecule has 0 spiro atoms. The summed E-state index contributed by atoms with van der Waals surface area (Å²) in [6, 6.07) is 87.4. The Bertz CT molecular complexity index is 4470. The molecule has 4 heterocycles. The summed E-state index contributed by atoms with van der Waals surface area (Å²) in [5, 5.41) is 0. The van der Waals surface area contributed by atoms with Crippen molar-refractivity contribution in [1.29, 1.82) is 0 Å². The van der Waals surface area contributed by atoms with Crippen molar-refractivity contribution in [3.63, 3.8) is 0 Å². The summed E-state index contributed by atoms with van der Waals surface area (Å²) in [5.41, 5.74) is 27.3. The quantitative estimate of drug-likeness (QED) is 0.141. The van der Waals surface area contributed by atoms with Crippen LogP contribution < -0.4 is 61.9 Å². The van der Waals surface area contributed by atoms with Crippen LogP contribution in [0, 0.1) is 0 Å². The van der Waals surface area contributed by atoms with Crippen molar-refractivity contribution in [3.8, 4) is 23.0 Å². The van der Waals surface area contributed by atoms with Crippen molar-refractivity contribution in [1.82, 2.24) is 0 Å². The van der Waals surface area contributed by atoms with Gasteiger partial charge in [-0.1, -0.05) is 240 Å². The molecule has 0 unspecified atom stereocenters. The van der Waals surface area contributed by atoms with E-state index >= 15 is 0 Å². The van der Waals surface area contributed by atoms with Gasteiger partial charge in [-0.05, 0) is 196 Å². The van der Waals surface area contributed by atoms with E-state index in [1.165, 1.54) is 44.3 Å². The molecule has 0 saturated carbocycles. The lowest BCUT2D eigenvalue weighted by Gasteiger charge is -2.43. The smallest absolute Gasteiger partial charge is 0.256 e. The van der Waals surface area contributed by atoms with E-state index in [2.05, 4.69) is 375 Å². The molecule has 0 atom stereocenters. The Balaban J connectivity index is 0.959. The maximum Gasteiger partial charge on any atom is 0.256 e. The summed E-state index contributed by atoms with van der Waals surface area (Å²) in [6.45, 7) is 40.7. The van der Waals surface area contributed by atoms with E-state index in [0.717, 1.165) is 113 Å². The summed E-state index contributed by atoms with van der Waals surface area (Å²) in [4.78, 5) is 9.80. The SMILES string of the molecule is CC(C)(C)c1ccc(N(c2ccc(C(C)(C)C)cc2)c2cc3c4c(c2)N(c2ccc(C(C)(C)C)cc2)c2ccccc2B4c2cc4c(cc2O3)Oc2cc(N(c3ccc(C(C)(C)C)cc3)c3ccc(C(C)(C)C)cc3)cc3c2B4c2ccccc2N3c2ccc(C(C)(C)C)cc2)cc1. The van der Waals surface area contributed by atoms with Gasteiger partial charge in [0.15, 0.2) is 0 Å². The van der Waals surface area contributed by atoms with E-state index in [0.29, 0.717) is 0 Å². The molecule has 15 rings (SSSR count). The van der Waals surface area contributed by atoms with Crippen LogP contribution >= 0.6 is 0 Å². The molecule has 0 fully saturated rings. The maximum atomic E-state index is 7.71. The van der Waals surface area contributed by atoms with Crippen molar-refractivity contribution in [2.45, 2.75) is 157 Å². The molecule has 0 N–H and O–H groups in total. The third kappa shape index (κ3) is 11.3. The zero-order valence-corrected chi connectivity index (χ0v) is 60.7. The summed E-state index contributed by atoms with van der Waals surface area (Å²) in [5.74, 6) is 3.18. The van der Waals surface area contributed by atoms with Gasteiger partial charge in [-0.2, -0.15) is 0 Å². The lowest BCUT2D eigenvalue weighted by Crippen LogP contribution is -2.63. The van der Waals surface area contributed by atoms with Crippen LogP contribution in [0.2, 0.25) is 0 Å². The molecule has 11 aromatic rings. The Morgan fingerprint density at radius 2 is 0.510 bits per heavy atom. The Morgan fingerprint density at radius 1 is 0.245 bits per heavy atom. The molecule has 98 heavy (non-hydrogen) atoms. The van der Waals surface area contributed by atoms with Crippen LogP contribution in [0.5, 0.6) is 23.0 Å². The first-order valence-electron chi connectivity index (χ1n) is 35.3. The third-order valence-corrected chi connectivity index (χ3v) is 20.9. The van der Waals surface area contributed by atoms with Crippen LogP contribution in [-0.2, 0) is 32.5 Å². The highest BCUT2D eigenvalue weighted by Crippen LogP contribution is 2.50. The van der Waals surface area contributed by atoms with E-state index in [4.69, 9.17) is 9.47 Å². The van der Waals surface area contributed by atoms with Gasteiger partial charge in [-0.25, -0.2) is 0 Å². The minimum absolute atomic E-state index is 0.0201. The molecule has 0 aliphatic carbocycles. The molecule has 0 radical (unpaired) electrons. The molecule has 490 valence electrons. The van der Waals surface area contributed by atoms with Crippen molar-refractivity contribution in [2.24, 2.45) is 0 Å². The van der Waals surface area contributed by atoms with Gasteiger partial charge in [0, 0.05) is 75.1 Å². The molecular formula is C90H92B2N4O2. The van der Waals surface area contributed by atoms with Crippen molar-refractivity contribution < 1.29 is 9.47 Å². The molecule has 6 nitrogen and oxygen atoms in total. The van der Waals surface area contributed by atoms with E-state index < -0.39 is 0 Å². The Labute approximate surface area is 584 Å². The molecule has 0 aromatic heterocycles. The van der Waals surface area contributed by atoms with Gasteiger partial charge in [0.25, 0.3) is 13.4 Å². The lowest BCUT2D eigenvalue weighted by molar-refractivity contribution is 0.466. The molecule has 0 amide bonds. The topological polar surface area (TPSA) is 31.4 Å². The van der Waals surface area contributed by atoms with Crippen LogP contribution in [0.3, 0.4) is 0 Å². The van der Waals surface area contributed by atoms with Gasteiger partial charge in [-0.3, -0.25) is 0 Å². The second-order valence-electron chi connectivity index (χ2n) is 34.0. The number of benzene rings is 11. The Hall–Kier alpha value is -9.65. The molecule has 0 saturated heterocycles. The number of hydrogen-bond acceptors (Lipinski definition) is 6. The molecule has 8 heteroatoms. The minimum atomic E-state index is -0.196. The summed E-state index contributed by atoms with van der Waals surface area (Å²) >= 11 is 0. The van der Waals surface area contributed by atoms with Gasteiger partial charge in [0.2, 0.25) is 0 Å². The first-order valence-corrected chi connectivity index (χ1v) is 35.3. The summed E-state index contributed by atoms with van der Waals surface area (Å²) in [6.07, 6.45) is 0. The van der Waals surface area contributed by atoms with E-state index in [1.54, 1.807) is 0 Å². The van der Waals surface area contributed by atoms with Crippen LogP contribution in [-0.4, -0.2) is 13.4 Å². The second kappa shape index (κ2) is 23.0. The van der Waals surface area contributed by atoms with Crippen LogP contribution in [0.25, 0.3) is 0 Å². The highest BCUT2D eigenvalue weighted by Gasteiger charge is 2.48. The largest absolute Gasteiger partial charge is 0.458 e. The normalized spacial score (nSPS) is 13.9. The molecular weight excluding hydrogens is 1190 g/mol. The molecule has 4 aliphatic heterocycles. The van der Waals surface area contributed by atoms with Crippen LogP contribution in [0.4, 0.5) is 68.2 Å².